The molecule has 0 unspecified atom stereocenters. The molecular formula is C28H19F17O3S2. The molecule has 3 aromatic rings. The number of hydrogen-bond acceptors (Lipinski definition) is 3. The summed E-state index contributed by atoms with van der Waals surface area (Å²) in [7, 11) is -12.4. The lowest BCUT2D eigenvalue weighted by Gasteiger charge is -2.43. The molecule has 0 heterocycles. The number of rotatable bonds is 12. The highest BCUT2D eigenvalue weighted by atomic mass is 32.3. The molecule has 22 heteroatoms. The second-order valence-corrected chi connectivity index (χ2v) is 15.0. The van der Waals surface area contributed by atoms with E-state index in [9.17, 15) is 74.3 Å². The maximum Gasteiger partial charge on any atom is 0.460 e. The van der Waals surface area contributed by atoms with Crippen molar-refractivity contribution in [1.82, 2.24) is 0 Å². The zero-order valence-corrected chi connectivity index (χ0v) is 26.1. The number of alkyl halides is 17. The summed E-state index contributed by atoms with van der Waals surface area (Å²) in [4.78, 5) is -1.43. The summed E-state index contributed by atoms with van der Waals surface area (Å²) in [6.45, 7) is 2.90. The van der Waals surface area contributed by atoms with Crippen LogP contribution in [-0.2, 0) is 13.7 Å². The van der Waals surface area contributed by atoms with E-state index in [1.807, 2.05) is 0 Å². The van der Waals surface area contributed by atoms with Crippen molar-refractivity contribution in [2.45, 2.75) is 75.5 Å². The molecule has 0 saturated carbocycles. The topological polar surface area (TPSA) is 43.4 Å². The van der Waals surface area contributed by atoms with Crippen LogP contribution in [0.3, 0.4) is 0 Å². The van der Waals surface area contributed by atoms with Crippen molar-refractivity contribution < 1.29 is 86.7 Å². The van der Waals surface area contributed by atoms with E-state index < -0.39 is 82.1 Å². The maximum absolute atomic E-state index is 15.3. The summed E-state index contributed by atoms with van der Waals surface area (Å²) in [6.07, 6.45) is -7.93. The Morgan fingerprint density at radius 2 is 0.720 bits per heavy atom. The van der Waals surface area contributed by atoms with E-state index in [2.05, 4.69) is 3.63 Å². The largest absolute Gasteiger partial charge is 0.460 e. The third-order valence-electron chi connectivity index (χ3n) is 6.98. The van der Waals surface area contributed by atoms with Gasteiger partial charge < -0.3 is 0 Å². The van der Waals surface area contributed by atoms with E-state index in [-0.39, 0.29) is 0 Å². The summed E-state index contributed by atoms with van der Waals surface area (Å²) in [5, 5.41) is -7.85. The molecule has 3 rings (SSSR count). The Balaban J connectivity index is 2.32. The van der Waals surface area contributed by atoms with Crippen LogP contribution in [-0.4, -0.2) is 55.4 Å². The molecule has 0 N–H and O–H groups in total. The van der Waals surface area contributed by atoms with Gasteiger partial charge in [-0.1, -0.05) is 53.6 Å². The average molecular weight is 791 g/mol. The standard InChI is InChI=1S/C28H19F17O3S2/c1-16-8-12-19(13-9-16)49(18-6-4-3-5-7-18,20-14-10-17(2)11-15-20)48-50(46,47)28(44,45)26(39,40)24(35,36)22(31,32)21(29,30)23(33,34)25(37,38)27(41,42)43/h3-15H,1-2H3. The van der Waals surface area contributed by atoms with Crippen molar-refractivity contribution in [3.63, 3.8) is 0 Å². The zero-order valence-electron chi connectivity index (χ0n) is 24.5. The lowest BCUT2D eigenvalue weighted by Crippen LogP contribution is -2.75. The normalized spacial score (nSPS) is 15.3. The molecule has 0 amide bonds. The quantitative estimate of drug-likeness (QED) is 0.172. The molecule has 0 aromatic heterocycles. The Hall–Kier alpha value is -3.27. The lowest BCUT2D eigenvalue weighted by atomic mass is 9.91. The summed E-state index contributed by atoms with van der Waals surface area (Å²) >= 11 is 0. The van der Waals surface area contributed by atoms with Crippen molar-refractivity contribution in [3.05, 3.63) is 90.0 Å². The van der Waals surface area contributed by atoms with Gasteiger partial charge in [-0.05, 0) is 60.6 Å². The van der Waals surface area contributed by atoms with Crippen LogP contribution in [0.15, 0.2) is 93.5 Å². The predicted molar refractivity (Wildman–Crippen MR) is 142 cm³/mol. The average Bonchev–Trinajstić information content (AvgIpc) is 3.00. The number of halogens is 17. The fraction of sp³-hybridized carbons (Fsp3) is 0.357. The summed E-state index contributed by atoms with van der Waals surface area (Å²) in [5.41, 5.74) is 0.795. The predicted octanol–water partition coefficient (Wildman–Crippen LogP) is 10.8. The lowest BCUT2D eigenvalue weighted by molar-refractivity contribution is -0.458. The van der Waals surface area contributed by atoms with Crippen molar-refractivity contribution in [2.24, 2.45) is 0 Å². The van der Waals surface area contributed by atoms with Crippen LogP contribution >= 0.6 is 10.3 Å². The van der Waals surface area contributed by atoms with E-state index in [1.165, 1.54) is 44.2 Å². The van der Waals surface area contributed by atoms with Gasteiger partial charge in [-0.3, -0.25) is 0 Å². The van der Waals surface area contributed by atoms with Crippen molar-refractivity contribution in [2.75, 3.05) is 0 Å². The van der Waals surface area contributed by atoms with E-state index in [0.717, 1.165) is 48.5 Å². The molecule has 0 saturated heterocycles. The van der Waals surface area contributed by atoms with E-state index in [4.69, 9.17) is 0 Å². The van der Waals surface area contributed by atoms with Gasteiger partial charge in [-0.25, -0.2) is 3.63 Å². The molecule has 50 heavy (non-hydrogen) atoms. The third-order valence-corrected chi connectivity index (χ3v) is 12.2. The van der Waals surface area contributed by atoms with Crippen LogP contribution in [0.5, 0.6) is 0 Å². The molecule has 3 nitrogen and oxygen atoms in total. The van der Waals surface area contributed by atoms with E-state index in [1.54, 1.807) is 0 Å². The number of benzene rings is 3. The van der Waals surface area contributed by atoms with Crippen LogP contribution in [0, 0.1) is 13.8 Å². The Morgan fingerprint density at radius 1 is 0.420 bits per heavy atom. The van der Waals surface area contributed by atoms with Crippen molar-refractivity contribution >= 4 is 20.4 Å². The molecule has 0 bridgehead atoms. The highest BCUT2D eigenvalue weighted by molar-refractivity contribution is 8.33. The number of aryl methyl sites for hydroxylation is 2. The Kier molecular flexibility index (Phi) is 10.2. The molecular weight excluding hydrogens is 771 g/mol. The Labute approximate surface area is 272 Å². The summed E-state index contributed by atoms with van der Waals surface area (Å²) < 4.78 is 268. The molecule has 0 radical (unpaired) electrons. The minimum Gasteiger partial charge on any atom is -0.202 e. The first-order chi connectivity index (χ1) is 22.3. The van der Waals surface area contributed by atoms with Crippen LogP contribution in [0.4, 0.5) is 74.6 Å². The van der Waals surface area contributed by atoms with Gasteiger partial charge in [0.05, 0.1) is 0 Å². The molecule has 0 spiro atoms. The minimum absolute atomic E-state index is 0.398. The van der Waals surface area contributed by atoms with Crippen molar-refractivity contribution in [3.8, 4) is 0 Å². The monoisotopic (exact) mass is 790 g/mol. The fourth-order valence-corrected chi connectivity index (χ4v) is 9.28. The maximum atomic E-state index is 15.3. The van der Waals surface area contributed by atoms with Crippen LogP contribution < -0.4 is 0 Å². The second-order valence-electron chi connectivity index (χ2n) is 10.5. The van der Waals surface area contributed by atoms with E-state index >= 15 is 8.78 Å². The van der Waals surface area contributed by atoms with Gasteiger partial charge in [0.2, 0.25) is 0 Å². The number of hydrogen-bond donors (Lipinski definition) is 0. The Bertz CT molecular complexity index is 1730. The van der Waals surface area contributed by atoms with Crippen LogP contribution in [0.2, 0.25) is 0 Å². The first kappa shape index (κ1) is 41.2. The third kappa shape index (κ3) is 5.87. The van der Waals surface area contributed by atoms with Gasteiger partial charge in [0, 0.05) is 14.7 Å². The fourth-order valence-electron chi connectivity index (χ4n) is 4.08. The van der Waals surface area contributed by atoms with Gasteiger partial charge in [-0.2, -0.15) is 83.1 Å². The van der Waals surface area contributed by atoms with E-state index in [0.29, 0.717) is 11.1 Å². The molecule has 0 aliphatic rings. The molecule has 3 aromatic carbocycles. The zero-order chi connectivity index (χ0) is 38.8. The summed E-state index contributed by atoms with van der Waals surface area (Å²) in [5.74, 6) is -52.3. The van der Waals surface area contributed by atoms with Crippen LogP contribution in [0.1, 0.15) is 11.1 Å². The minimum atomic E-state index is -8.96. The molecule has 0 atom stereocenters. The first-order valence-corrected chi connectivity index (χ1v) is 16.0. The van der Waals surface area contributed by atoms with Gasteiger partial charge in [0.15, 0.2) is 0 Å². The second kappa shape index (κ2) is 12.4. The molecule has 280 valence electrons. The van der Waals surface area contributed by atoms with Gasteiger partial charge >= 0.3 is 57.1 Å². The Morgan fingerprint density at radius 3 is 1.06 bits per heavy atom. The van der Waals surface area contributed by atoms with Crippen molar-refractivity contribution in [1.29, 1.82) is 0 Å². The highest BCUT2D eigenvalue weighted by Crippen LogP contribution is 2.72. The molecule has 0 fully saturated rings. The van der Waals surface area contributed by atoms with Gasteiger partial charge in [-0.15, -0.1) is 0 Å². The molecule has 0 aliphatic carbocycles. The van der Waals surface area contributed by atoms with Gasteiger partial charge in [0.1, 0.15) is 0 Å². The SMILES string of the molecule is Cc1ccc(S(OS(=O)(=O)C(F)(F)C(F)(F)C(F)(F)C(F)(F)C(F)(F)C(F)(F)C(F)(F)C(F)(F)F)(c2ccccc2)c2ccc(C)cc2)cc1. The summed E-state index contributed by atoms with van der Waals surface area (Å²) in [6, 6.07) is 14.2. The highest BCUT2D eigenvalue weighted by Gasteiger charge is 2.96. The first-order valence-electron chi connectivity index (χ1n) is 13.0. The smallest absolute Gasteiger partial charge is 0.202 e. The van der Waals surface area contributed by atoms with Crippen LogP contribution in [0.25, 0.3) is 0 Å². The molecule has 0 aliphatic heterocycles. The van der Waals surface area contributed by atoms with Gasteiger partial charge in [0.25, 0.3) is 0 Å².